The van der Waals surface area contributed by atoms with Crippen molar-refractivity contribution >= 4 is 16.8 Å². The molecule has 0 fully saturated rings. The quantitative estimate of drug-likeness (QED) is 0.646. The predicted octanol–water partition coefficient (Wildman–Crippen LogP) is 3.17. The van der Waals surface area contributed by atoms with E-state index in [0.29, 0.717) is 5.57 Å². The molecule has 76 valence electrons. The fraction of sp³-hybridized carbons (Fsp3) is 0.154. The smallest absolute Gasteiger partial charge is 0.257 e. The van der Waals surface area contributed by atoms with Crippen LogP contribution in [0.25, 0.3) is 10.9 Å². The van der Waals surface area contributed by atoms with Crippen molar-refractivity contribution < 1.29 is 4.79 Å². The van der Waals surface area contributed by atoms with E-state index in [4.69, 9.17) is 0 Å². The fourth-order valence-corrected chi connectivity index (χ4v) is 1.72. The maximum Gasteiger partial charge on any atom is 0.257 e. The third-order valence-electron chi connectivity index (χ3n) is 2.50. The number of rotatable bonds is 1. The molecule has 0 unspecified atom stereocenters. The minimum absolute atomic E-state index is 0.0423. The monoisotopic (exact) mass is 199 g/mol. The van der Waals surface area contributed by atoms with Crippen LogP contribution in [0.4, 0.5) is 0 Å². The summed E-state index contributed by atoms with van der Waals surface area (Å²) in [5.74, 6) is -0.0423. The molecule has 0 N–H and O–H groups in total. The van der Waals surface area contributed by atoms with Gasteiger partial charge in [0, 0.05) is 17.2 Å². The molecule has 1 aromatic carbocycles. The van der Waals surface area contributed by atoms with Gasteiger partial charge in [-0.15, -0.1) is 0 Å². The number of allylic oxidation sites excluding steroid dienone is 1. The molecule has 0 aliphatic heterocycles. The summed E-state index contributed by atoms with van der Waals surface area (Å²) in [6.45, 7) is 7.41. The van der Waals surface area contributed by atoms with Crippen molar-refractivity contribution in [1.82, 2.24) is 4.57 Å². The predicted molar refractivity (Wildman–Crippen MR) is 62.1 cm³/mol. The van der Waals surface area contributed by atoms with Crippen LogP contribution in [0.2, 0.25) is 0 Å². The summed E-state index contributed by atoms with van der Waals surface area (Å²) in [7, 11) is 0. The van der Waals surface area contributed by atoms with Gasteiger partial charge in [-0.1, -0.05) is 24.8 Å². The van der Waals surface area contributed by atoms with Crippen LogP contribution in [0.5, 0.6) is 0 Å². The summed E-state index contributed by atoms with van der Waals surface area (Å²) >= 11 is 0. The van der Waals surface area contributed by atoms with Gasteiger partial charge < -0.3 is 0 Å². The molecule has 0 spiro atoms. The lowest BCUT2D eigenvalue weighted by Crippen LogP contribution is -2.09. The van der Waals surface area contributed by atoms with Crippen LogP contribution in [-0.4, -0.2) is 10.5 Å². The van der Waals surface area contributed by atoms with Crippen molar-refractivity contribution in [3.05, 3.63) is 48.2 Å². The molecule has 2 aromatic rings. The lowest BCUT2D eigenvalue weighted by atomic mass is 10.2. The molecule has 0 atom stereocenters. The van der Waals surface area contributed by atoms with Crippen molar-refractivity contribution in [2.75, 3.05) is 0 Å². The van der Waals surface area contributed by atoms with Crippen molar-refractivity contribution in [2.45, 2.75) is 13.8 Å². The topological polar surface area (TPSA) is 22.0 Å². The van der Waals surface area contributed by atoms with Crippen LogP contribution in [0, 0.1) is 6.92 Å². The van der Waals surface area contributed by atoms with E-state index in [0.717, 1.165) is 16.5 Å². The molecular weight excluding hydrogens is 186 g/mol. The summed E-state index contributed by atoms with van der Waals surface area (Å²) in [6, 6.07) is 7.88. The van der Waals surface area contributed by atoms with Crippen molar-refractivity contribution in [2.24, 2.45) is 0 Å². The minimum Gasteiger partial charge on any atom is -0.283 e. The van der Waals surface area contributed by atoms with E-state index in [1.807, 2.05) is 37.4 Å². The van der Waals surface area contributed by atoms with Gasteiger partial charge in [0.25, 0.3) is 5.91 Å². The molecule has 0 bridgehead atoms. The summed E-state index contributed by atoms with van der Waals surface area (Å²) in [4.78, 5) is 11.8. The number of hydrogen-bond donors (Lipinski definition) is 0. The summed E-state index contributed by atoms with van der Waals surface area (Å²) in [5, 5.41) is 1.12. The van der Waals surface area contributed by atoms with Gasteiger partial charge in [0.2, 0.25) is 0 Å². The Kier molecular flexibility index (Phi) is 2.19. The number of carbonyl (C=O) groups excluding carboxylic acids is 1. The van der Waals surface area contributed by atoms with E-state index in [9.17, 15) is 4.79 Å². The zero-order valence-corrected chi connectivity index (χ0v) is 8.95. The van der Waals surface area contributed by atoms with Crippen LogP contribution in [0.15, 0.2) is 42.6 Å². The van der Waals surface area contributed by atoms with Crippen LogP contribution >= 0.6 is 0 Å². The van der Waals surface area contributed by atoms with Crippen molar-refractivity contribution in [3.8, 4) is 0 Å². The number of nitrogens with zero attached hydrogens (tertiary/aromatic N) is 1. The summed E-state index contributed by atoms with van der Waals surface area (Å²) < 4.78 is 1.66. The number of benzene rings is 1. The lowest BCUT2D eigenvalue weighted by molar-refractivity contribution is 0.0960. The number of aromatic nitrogens is 1. The number of hydrogen-bond acceptors (Lipinski definition) is 1. The average Bonchev–Trinajstić information content (AvgIpc) is 2.56. The molecular formula is C13H13NO. The molecule has 15 heavy (non-hydrogen) atoms. The van der Waals surface area contributed by atoms with E-state index in [2.05, 4.69) is 6.58 Å². The molecule has 0 radical (unpaired) electrons. The SMILES string of the molecule is C=C(C)C(=O)n1cc(C)c2ccccc21. The second kappa shape index (κ2) is 3.39. The first-order valence-electron chi connectivity index (χ1n) is 4.88. The highest BCUT2D eigenvalue weighted by Gasteiger charge is 2.10. The molecule has 0 amide bonds. The van der Waals surface area contributed by atoms with E-state index in [1.165, 1.54) is 0 Å². The third kappa shape index (κ3) is 1.48. The number of aryl methyl sites for hydroxylation is 1. The Morgan fingerprint density at radius 3 is 2.67 bits per heavy atom. The Bertz CT molecular complexity index is 549. The zero-order valence-electron chi connectivity index (χ0n) is 8.95. The second-order valence-electron chi connectivity index (χ2n) is 3.78. The van der Waals surface area contributed by atoms with E-state index < -0.39 is 0 Å². The molecule has 0 aliphatic carbocycles. The Balaban J connectivity index is 2.72. The molecule has 0 saturated carbocycles. The van der Waals surface area contributed by atoms with Gasteiger partial charge in [-0.25, -0.2) is 0 Å². The third-order valence-corrected chi connectivity index (χ3v) is 2.50. The first kappa shape index (κ1) is 9.71. The first-order valence-corrected chi connectivity index (χ1v) is 4.88. The van der Waals surface area contributed by atoms with Crippen LogP contribution in [-0.2, 0) is 0 Å². The van der Waals surface area contributed by atoms with Gasteiger partial charge in [0.1, 0.15) is 0 Å². The summed E-state index contributed by atoms with van der Waals surface area (Å²) in [5.41, 5.74) is 2.61. The minimum atomic E-state index is -0.0423. The first-order chi connectivity index (χ1) is 7.11. The Labute approximate surface area is 88.8 Å². The van der Waals surface area contributed by atoms with Gasteiger partial charge in [0.05, 0.1) is 5.52 Å². The van der Waals surface area contributed by atoms with E-state index >= 15 is 0 Å². The maximum absolute atomic E-state index is 11.8. The molecule has 0 aliphatic rings. The van der Waals surface area contributed by atoms with Crippen molar-refractivity contribution in [3.63, 3.8) is 0 Å². The van der Waals surface area contributed by atoms with Crippen LogP contribution in [0.1, 0.15) is 17.3 Å². The fourth-order valence-electron chi connectivity index (χ4n) is 1.72. The molecule has 2 nitrogen and oxygen atoms in total. The highest BCUT2D eigenvalue weighted by atomic mass is 16.2. The Hall–Kier alpha value is -1.83. The van der Waals surface area contributed by atoms with Crippen LogP contribution in [0.3, 0.4) is 0 Å². The lowest BCUT2D eigenvalue weighted by Gasteiger charge is -2.02. The van der Waals surface area contributed by atoms with Gasteiger partial charge in [-0.2, -0.15) is 0 Å². The molecule has 1 heterocycles. The second-order valence-corrected chi connectivity index (χ2v) is 3.78. The maximum atomic E-state index is 11.8. The molecule has 1 aromatic heterocycles. The van der Waals surface area contributed by atoms with Crippen molar-refractivity contribution in [1.29, 1.82) is 0 Å². The highest BCUT2D eigenvalue weighted by Crippen LogP contribution is 2.20. The van der Waals surface area contributed by atoms with E-state index in [1.54, 1.807) is 11.5 Å². The van der Waals surface area contributed by atoms with Gasteiger partial charge in [-0.3, -0.25) is 9.36 Å². The van der Waals surface area contributed by atoms with Crippen LogP contribution < -0.4 is 0 Å². The van der Waals surface area contributed by atoms with E-state index in [-0.39, 0.29) is 5.91 Å². The number of fused-ring (bicyclic) bond motifs is 1. The van der Waals surface area contributed by atoms with Gasteiger partial charge in [-0.05, 0) is 25.5 Å². The average molecular weight is 199 g/mol. The number of para-hydroxylation sites is 1. The molecule has 2 rings (SSSR count). The Morgan fingerprint density at radius 2 is 2.00 bits per heavy atom. The largest absolute Gasteiger partial charge is 0.283 e. The normalized spacial score (nSPS) is 10.5. The zero-order chi connectivity index (χ0) is 11.0. The number of carbonyl (C=O) groups is 1. The van der Waals surface area contributed by atoms with Gasteiger partial charge >= 0.3 is 0 Å². The molecule has 2 heteroatoms. The highest BCUT2D eigenvalue weighted by molar-refractivity contribution is 6.01. The Morgan fingerprint density at radius 1 is 1.33 bits per heavy atom. The van der Waals surface area contributed by atoms with Gasteiger partial charge in [0.15, 0.2) is 0 Å². The standard InChI is InChI=1S/C13H13NO/c1-9(2)13(15)14-8-10(3)11-6-4-5-7-12(11)14/h4-8H,1H2,2-3H3. The summed E-state index contributed by atoms with van der Waals surface area (Å²) in [6.07, 6.45) is 1.86. The molecule has 0 saturated heterocycles.